The molecule has 1 aliphatic rings. The summed E-state index contributed by atoms with van der Waals surface area (Å²) in [5, 5.41) is 2.11. The van der Waals surface area contributed by atoms with Crippen molar-refractivity contribution in [1.29, 1.82) is 0 Å². The molecule has 0 saturated carbocycles. The van der Waals surface area contributed by atoms with Gasteiger partial charge in [0.1, 0.15) is 42.8 Å². The Morgan fingerprint density at radius 2 is 1.65 bits per heavy atom. The SMILES string of the molecule is COc1ccc(N(CC(=O)Nc2c(F)cccc2F)S(=O)(=O)c2ccc3c(c2)OCCO3)cc1. The summed E-state index contributed by atoms with van der Waals surface area (Å²) in [5.41, 5.74) is -0.529. The minimum Gasteiger partial charge on any atom is -0.497 e. The van der Waals surface area contributed by atoms with Crippen LogP contribution in [0.3, 0.4) is 0 Å². The summed E-state index contributed by atoms with van der Waals surface area (Å²) in [7, 11) is -2.85. The van der Waals surface area contributed by atoms with Crippen LogP contribution in [0.15, 0.2) is 65.6 Å². The third-order valence-electron chi connectivity index (χ3n) is 4.98. The number of amides is 1. The molecule has 0 aromatic heterocycles. The third-order valence-corrected chi connectivity index (χ3v) is 6.75. The van der Waals surface area contributed by atoms with Crippen molar-refractivity contribution in [2.75, 3.05) is 36.5 Å². The number of carbonyl (C=O) groups is 1. The van der Waals surface area contributed by atoms with Crippen LogP contribution in [0.25, 0.3) is 0 Å². The van der Waals surface area contributed by atoms with Crippen LogP contribution in [0.1, 0.15) is 0 Å². The summed E-state index contributed by atoms with van der Waals surface area (Å²) in [6, 6.07) is 13.1. The van der Waals surface area contributed by atoms with E-state index in [0.29, 0.717) is 18.1 Å². The fourth-order valence-corrected chi connectivity index (χ4v) is 4.74. The first-order chi connectivity index (χ1) is 16.3. The van der Waals surface area contributed by atoms with Crippen LogP contribution < -0.4 is 23.8 Å². The predicted molar refractivity (Wildman–Crippen MR) is 120 cm³/mol. The number of nitrogens with one attached hydrogen (secondary N) is 1. The molecule has 0 bridgehead atoms. The van der Waals surface area contributed by atoms with Crippen LogP contribution in [-0.2, 0) is 14.8 Å². The molecule has 3 aromatic carbocycles. The molecule has 0 unspecified atom stereocenters. The molecular formula is C23H20F2N2O6S. The second kappa shape index (κ2) is 9.56. The Labute approximate surface area is 194 Å². The van der Waals surface area contributed by atoms with Gasteiger partial charge in [-0.3, -0.25) is 9.10 Å². The van der Waals surface area contributed by atoms with Gasteiger partial charge in [-0.05, 0) is 48.5 Å². The number of ether oxygens (including phenoxy) is 3. The molecule has 1 heterocycles. The van der Waals surface area contributed by atoms with Gasteiger partial charge < -0.3 is 19.5 Å². The maximum absolute atomic E-state index is 14.0. The number of anilines is 2. The number of fused-ring (bicyclic) bond motifs is 1. The Morgan fingerprint density at radius 3 is 2.29 bits per heavy atom. The van der Waals surface area contributed by atoms with Crippen LogP contribution in [0.4, 0.5) is 20.2 Å². The topological polar surface area (TPSA) is 94.2 Å². The van der Waals surface area contributed by atoms with Crippen molar-refractivity contribution in [3.05, 3.63) is 72.3 Å². The van der Waals surface area contributed by atoms with Crippen LogP contribution in [-0.4, -0.2) is 41.2 Å². The Kier molecular flexibility index (Phi) is 6.55. The number of hydrogen-bond acceptors (Lipinski definition) is 6. The van der Waals surface area contributed by atoms with E-state index in [2.05, 4.69) is 5.32 Å². The van der Waals surface area contributed by atoms with Gasteiger partial charge in [-0.25, -0.2) is 17.2 Å². The number of methoxy groups -OCH3 is 1. The number of para-hydroxylation sites is 1. The third kappa shape index (κ3) is 4.74. The highest BCUT2D eigenvalue weighted by molar-refractivity contribution is 7.92. The zero-order valence-electron chi connectivity index (χ0n) is 18.0. The van der Waals surface area contributed by atoms with E-state index in [1.165, 1.54) is 49.6 Å². The molecule has 1 N–H and O–H groups in total. The highest BCUT2D eigenvalue weighted by Crippen LogP contribution is 2.34. The molecule has 0 radical (unpaired) electrons. The summed E-state index contributed by atoms with van der Waals surface area (Å²) in [5.74, 6) is -1.80. The average molecular weight is 490 g/mol. The highest BCUT2D eigenvalue weighted by Gasteiger charge is 2.29. The number of benzene rings is 3. The summed E-state index contributed by atoms with van der Waals surface area (Å²) >= 11 is 0. The Bertz CT molecular complexity index is 1300. The van der Waals surface area contributed by atoms with Gasteiger partial charge in [0.05, 0.1) is 17.7 Å². The second-order valence-corrected chi connectivity index (χ2v) is 9.02. The number of carbonyl (C=O) groups excluding carboxylic acids is 1. The van der Waals surface area contributed by atoms with Crippen molar-refractivity contribution in [1.82, 2.24) is 0 Å². The summed E-state index contributed by atoms with van der Waals surface area (Å²) < 4.78 is 71.9. The Hall–Kier alpha value is -3.86. The van der Waals surface area contributed by atoms with Crippen molar-refractivity contribution in [3.63, 3.8) is 0 Å². The van der Waals surface area contributed by atoms with Crippen LogP contribution in [0.5, 0.6) is 17.2 Å². The van der Waals surface area contributed by atoms with Gasteiger partial charge in [0.25, 0.3) is 10.0 Å². The first-order valence-electron chi connectivity index (χ1n) is 10.1. The van der Waals surface area contributed by atoms with Crippen LogP contribution in [0, 0.1) is 11.6 Å². The zero-order valence-corrected chi connectivity index (χ0v) is 18.8. The molecular weight excluding hydrogens is 470 g/mol. The smallest absolute Gasteiger partial charge is 0.264 e. The molecule has 8 nitrogen and oxygen atoms in total. The molecule has 1 aliphatic heterocycles. The lowest BCUT2D eigenvalue weighted by Gasteiger charge is -2.25. The van der Waals surface area contributed by atoms with Crippen molar-refractivity contribution >= 4 is 27.3 Å². The molecule has 0 spiro atoms. The maximum atomic E-state index is 14.0. The second-order valence-electron chi connectivity index (χ2n) is 7.16. The minimum atomic E-state index is -4.31. The van der Waals surface area contributed by atoms with Gasteiger partial charge in [-0.1, -0.05) is 6.07 Å². The van der Waals surface area contributed by atoms with Crippen molar-refractivity contribution < 1.29 is 36.2 Å². The molecule has 0 saturated heterocycles. The monoisotopic (exact) mass is 490 g/mol. The first-order valence-corrected chi connectivity index (χ1v) is 11.5. The van der Waals surface area contributed by atoms with E-state index in [9.17, 15) is 22.0 Å². The molecule has 0 atom stereocenters. The first kappa shape index (κ1) is 23.3. The van der Waals surface area contributed by atoms with E-state index in [1.807, 2.05) is 0 Å². The largest absolute Gasteiger partial charge is 0.497 e. The summed E-state index contributed by atoms with van der Waals surface area (Å²) in [4.78, 5) is 12.6. The van der Waals surface area contributed by atoms with Gasteiger partial charge in [0.15, 0.2) is 11.5 Å². The number of sulfonamides is 1. The zero-order chi connectivity index (χ0) is 24.3. The fraction of sp³-hybridized carbons (Fsp3) is 0.174. The molecule has 0 aliphatic carbocycles. The minimum absolute atomic E-state index is 0.139. The number of halogens is 2. The molecule has 11 heteroatoms. The highest BCUT2D eigenvalue weighted by atomic mass is 32.2. The maximum Gasteiger partial charge on any atom is 0.264 e. The van der Waals surface area contributed by atoms with E-state index in [-0.39, 0.29) is 22.9 Å². The lowest BCUT2D eigenvalue weighted by molar-refractivity contribution is -0.114. The molecule has 0 fully saturated rings. The summed E-state index contributed by atoms with van der Waals surface area (Å²) in [6.45, 7) is -0.157. The van der Waals surface area contributed by atoms with Gasteiger partial charge in [0, 0.05) is 6.07 Å². The van der Waals surface area contributed by atoms with E-state index in [1.54, 1.807) is 0 Å². The Morgan fingerprint density at radius 1 is 1.00 bits per heavy atom. The van der Waals surface area contributed by atoms with Gasteiger partial charge in [0.2, 0.25) is 5.91 Å². The van der Waals surface area contributed by atoms with E-state index >= 15 is 0 Å². The number of rotatable bonds is 7. The molecule has 4 rings (SSSR count). The van der Waals surface area contributed by atoms with Crippen LogP contribution >= 0.6 is 0 Å². The molecule has 1 amide bonds. The van der Waals surface area contributed by atoms with Crippen LogP contribution in [0.2, 0.25) is 0 Å². The van der Waals surface area contributed by atoms with Crippen molar-refractivity contribution in [2.24, 2.45) is 0 Å². The van der Waals surface area contributed by atoms with E-state index < -0.39 is 39.8 Å². The Balaban J connectivity index is 1.69. The average Bonchev–Trinajstić information content (AvgIpc) is 2.84. The number of nitrogens with zero attached hydrogens (tertiary/aromatic N) is 1. The predicted octanol–water partition coefficient (Wildman–Crippen LogP) is 3.58. The summed E-state index contributed by atoms with van der Waals surface area (Å²) in [6.07, 6.45) is 0. The van der Waals surface area contributed by atoms with Crippen molar-refractivity contribution in [2.45, 2.75) is 4.90 Å². The quantitative estimate of drug-likeness (QED) is 0.544. The van der Waals surface area contributed by atoms with Gasteiger partial charge in [-0.2, -0.15) is 0 Å². The van der Waals surface area contributed by atoms with Crippen molar-refractivity contribution in [3.8, 4) is 17.2 Å². The molecule has 34 heavy (non-hydrogen) atoms. The lowest BCUT2D eigenvalue weighted by atomic mass is 10.3. The standard InChI is InChI=1S/C23H20F2N2O6S/c1-31-16-7-5-15(6-8-16)27(14-22(28)26-23-18(24)3-2-4-19(23)25)34(29,30)17-9-10-20-21(13-17)33-12-11-32-20/h2-10,13H,11-12,14H2,1H3,(H,26,28). The molecule has 3 aromatic rings. The van der Waals surface area contributed by atoms with E-state index in [4.69, 9.17) is 14.2 Å². The number of hydrogen-bond donors (Lipinski definition) is 1. The van der Waals surface area contributed by atoms with E-state index in [0.717, 1.165) is 22.5 Å². The fourth-order valence-electron chi connectivity index (χ4n) is 3.30. The normalized spacial score (nSPS) is 12.7. The lowest BCUT2D eigenvalue weighted by Crippen LogP contribution is -2.38. The van der Waals surface area contributed by atoms with Gasteiger partial charge in [-0.15, -0.1) is 0 Å². The van der Waals surface area contributed by atoms with Gasteiger partial charge >= 0.3 is 0 Å². The molecule has 178 valence electrons.